The third-order valence-electron chi connectivity index (χ3n) is 6.46. The van der Waals surface area contributed by atoms with Gasteiger partial charge < -0.3 is 19.2 Å². The van der Waals surface area contributed by atoms with E-state index in [1.165, 1.54) is 12.0 Å². The van der Waals surface area contributed by atoms with Crippen molar-refractivity contribution in [3.05, 3.63) is 117 Å². The smallest absolute Gasteiger partial charge is 0.337 e. The molecule has 186 valence electrons. The number of ether oxygens (including phenoxy) is 1. The van der Waals surface area contributed by atoms with Crippen molar-refractivity contribution in [2.45, 2.75) is 19.5 Å². The molecule has 1 aliphatic rings. The quantitative estimate of drug-likeness (QED) is 0.227. The number of nitrogens with zero attached hydrogens (tertiary/aromatic N) is 1. The molecular weight excluding hydrogens is 538 g/mol. The lowest BCUT2D eigenvalue weighted by Crippen LogP contribution is -2.31. The lowest BCUT2D eigenvalue weighted by molar-refractivity contribution is -0.130. The fourth-order valence-corrected chi connectivity index (χ4v) is 4.96. The summed E-state index contributed by atoms with van der Waals surface area (Å²) in [6, 6.07) is 20.2. The molecule has 0 radical (unpaired) electrons. The van der Waals surface area contributed by atoms with Crippen molar-refractivity contribution < 1.29 is 28.6 Å². The van der Waals surface area contributed by atoms with Crippen LogP contribution in [-0.4, -0.2) is 34.8 Å². The van der Waals surface area contributed by atoms with Crippen LogP contribution in [0.15, 0.2) is 93.0 Å². The second kappa shape index (κ2) is 9.71. The van der Waals surface area contributed by atoms with E-state index in [0.717, 1.165) is 21.0 Å². The van der Waals surface area contributed by atoms with Crippen LogP contribution in [0.1, 0.15) is 43.6 Å². The first kappa shape index (κ1) is 24.5. The van der Waals surface area contributed by atoms with Gasteiger partial charge in [0, 0.05) is 16.4 Å². The van der Waals surface area contributed by atoms with Gasteiger partial charge in [0.25, 0.3) is 5.91 Å². The number of hydrogen-bond acceptors (Lipinski definition) is 6. The number of esters is 1. The normalized spacial score (nSPS) is 15.5. The summed E-state index contributed by atoms with van der Waals surface area (Å²) < 4.78 is 11.4. The highest BCUT2D eigenvalue weighted by molar-refractivity contribution is 9.10. The van der Waals surface area contributed by atoms with Gasteiger partial charge in [-0.1, -0.05) is 52.3 Å². The average molecular weight is 560 g/mol. The predicted octanol–water partition coefficient (Wildman–Crippen LogP) is 6.07. The largest absolute Gasteiger partial charge is 0.503 e. The summed E-state index contributed by atoms with van der Waals surface area (Å²) in [5.41, 5.74) is 3.15. The third kappa shape index (κ3) is 4.44. The van der Waals surface area contributed by atoms with Crippen LogP contribution < -0.4 is 0 Å². The average Bonchev–Trinajstić information content (AvgIpc) is 3.43. The van der Waals surface area contributed by atoms with Crippen LogP contribution in [-0.2, 0) is 16.1 Å². The zero-order valence-electron chi connectivity index (χ0n) is 20.0. The molecule has 5 rings (SSSR count). The number of carbonyl (C=O) groups excluding carboxylic acids is 3. The maximum Gasteiger partial charge on any atom is 0.337 e. The van der Waals surface area contributed by atoms with E-state index in [1.807, 2.05) is 37.3 Å². The van der Waals surface area contributed by atoms with Crippen molar-refractivity contribution in [3.63, 3.8) is 0 Å². The standard InChI is InChI=1S/C29H22BrNO6/c1-16-5-3-4-6-21(16)25-24(26(32)23-14-19-13-20(30)11-12-22(19)37-23)27(33)28(34)31(25)15-17-7-9-18(10-8-17)29(35)36-2/h3-14,25,33H,15H2,1-2H3. The molecule has 37 heavy (non-hydrogen) atoms. The summed E-state index contributed by atoms with van der Waals surface area (Å²) in [5.74, 6) is -2.26. The van der Waals surface area contributed by atoms with Crippen molar-refractivity contribution >= 4 is 44.6 Å². The molecule has 1 N–H and O–H groups in total. The van der Waals surface area contributed by atoms with Crippen molar-refractivity contribution in [3.8, 4) is 0 Å². The van der Waals surface area contributed by atoms with Gasteiger partial charge in [-0.05, 0) is 60.0 Å². The Labute approximate surface area is 221 Å². The Hall–Kier alpha value is -4.17. The molecule has 4 aromatic rings. The number of rotatable bonds is 6. The van der Waals surface area contributed by atoms with Gasteiger partial charge in [-0.15, -0.1) is 0 Å². The van der Waals surface area contributed by atoms with Gasteiger partial charge in [-0.3, -0.25) is 9.59 Å². The molecule has 0 aliphatic carbocycles. The van der Waals surface area contributed by atoms with Gasteiger partial charge in [-0.25, -0.2) is 4.79 Å². The van der Waals surface area contributed by atoms with Gasteiger partial charge in [-0.2, -0.15) is 0 Å². The lowest BCUT2D eigenvalue weighted by Gasteiger charge is -2.28. The number of furan rings is 1. The molecule has 0 spiro atoms. The molecule has 0 bridgehead atoms. The van der Waals surface area contributed by atoms with Crippen molar-refractivity contribution in [2.75, 3.05) is 7.11 Å². The van der Waals surface area contributed by atoms with E-state index in [1.54, 1.807) is 42.5 Å². The first-order valence-corrected chi connectivity index (χ1v) is 12.3. The maximum absolute atomic E-state index is 13.7. The predicted molar refractivity (Wildman–Crippen MR) is 140 cm³/mol. The zero-order valence-corrected chi connectivity index (χ0v) is 21.6. The van der Waals surface area contributed by atoms with Crippen LogP contribution in [0.2, 0.25) is 0 Å². The monoisotopic (exact) mass is 559 g/mol. The van der Waals surface area contributed by atoms with Crippen molar-refractivity contribution in [1.82, 2.24) is 4.90 Å². The Morgan fingerprint density at radius 2 is 1.78 bits per heavy atom. The fraction of sp³-hybridized carbons (Fsp3) is 0.138. The number of halogens is 1. The molecule has 0 saturated carbocycles. The number of methoxy groups -OCH3 is 1. The number of hydrogen-bond donors (Lipinski definition) is 1. The number of benzene rings is 3. The lowest BCUT2D eigenvalue weighted by atomic mass is 9.92. The van der Waals surface area contributed by atoms with Gasteiger partial charge >= 0.3 is 5.97 Å². The Morgan fingerprint density at radius 1 is 1.05 bits per heavy atom. The van der Waals surface area contributed by atoms with E-state index in [9.17, 15) is 19.5 Å². The molecule has 8 heteroatoms. The minimum atomic E-state index is -0.832. The van der Waals surface area contributed by atoms with E-state index in [0.29, 0.717) is 16.7 Å². The maximum atomic E-state index is 13.7. The summed E-state index contributed by atoms with van der Waals surface area (Å²) >= 11 is 3.41. The number of aliphatic hydroxyl groups is 1. The molecule has 0 saturated heterocycles. The molecule has 1 unspecified atom stereocenters. The highest BCUT2D eigenvalue weighted by Gasteiger charge is 2.45. The Bertz CT molecular complexity index is 1580. The summed E-state index contributed by atoms with van der Waals surface area (Å²) in [7, 11) is 1.31. The SMILES string of the molecule is COC(=O)c1ccc(CN2C(=O)C(O)=C(C(=O)c3cc4cc(Br)ccc4o3)C2c2ccccc2C)cc1. The number of fused-ring (bicyclic) bond motifs is 1. The Kier molecular flexibility index (Phi) is 6.43. The molecule has 1 aliphatic heterocycles. The summed E-state index contributed by atoms with van der Waals surface area (Å²) in [6.45, 7) is 1.99. The van der Waals surface area contributed by atoms with Crippen LogP contribution in [0.5, 0.6) is 0 Å². The molecular formula is C29H22BrNO6. The molecule has 7 nitrogen and oxygen atoms in total. The summed E-state index contributed by atoms with van der Waals surface area (Å²) in [4.78, 5) is 40.3. The highest BCUT2D eigenvalue weighted by atomic mass is 79.9. The first-order chi connectivity index (χ1) is 17.8. The number of aliphatic hydroxyl groups excluding tert-OH is 1. The number of aryl methyl sites for hydroxylation is 1. The topological polar surface area (TPSA) is 97.0 Å². The van der Waals surface area contributed by atoms with Crippen molar-refractivity contribution in [1.29, 1.82) is 0 Å². The summed E-state index contributed by atoms with van der Waals surface area (Å²) in [6.07, 6.45) is 0. The second-order valence-electron chi connectivity index (χ2n) is 8.76. The van der Waals surface area contributed by atoms with Crippen molar-refractivity contribution in [2.24, 2.45) is 0 Å². The van der Waals surface area contributed by atoms with Gasteiger partial charge in [0.1, 0.15) is 5.58 Å². The molecule has 1 amide bonds. The molecule has 1 atom stereocenters. The minimum Gasteiger partial charge on any atom is -0.503 e. The van der Waals surface area contributed by atoms with E-state index in [-0.39, 0.29) is 17.9 Å². The van der Waals surface area contributed by atoms with Crippen LogP contribution in [0.4, 0.5) is 0 Å². The Morgan fingerprint density at radius 3 is 2.49 bits per heavy atom. The molecule has 2 heterocycles. The molecule has 1 aromatic heterocycles. The van der Waals surface area contributed by atoms with Crippen LogP contribution >= 0.6 is 15.9 Å². The third-order valence-corrected chi connectivity index (χ3v) is 6.95. The van der Waals surface area contributed by atoms with E-state index >= 15 is 0 Å². The molecule has 3 aromatic carbocycles. The first-order valence-electron chi connectivity index (χ1n) is 11.5. The Balaban J connectivity index is 1.56. The van der Waals surface area contributed by atoms with Gasteiger partial charge in [0.2, 0.25) is 5.78 Å². The number of amides is 1. The number of Topliss-reactive ketones (excluding diaryl/α,β-unsaturated/α-hetero) is 1. The fourth-order valence-electron chi connectivity index (χ4n) is 4.59. The highest BCUT2D eigenvalue weighted by Crippen LogP contribution is 2.41. The van der Waals surface area contributed by atoms with Gasteiger partial charge in [0.15, 0.2) is 11.5 Å². The summed E-state index contributed by atoms with van der Waals surface area (Å²) in [5, 5.41) is 11.7. The number of carbonyl (C=O) groups is 3. The van der Waals surface area contributed by atoms with E-state index in [2.05, 4.69) is 15.9 Å². The molecule has 0 fully saturated rings. The van der Waals surface area contributed by atoms with E-state index in [4.69, 9.17) is 9.15 Å². The van der Waals surface area contributed by atoms with Crippen LogP contribution in [0.3, 0.4) is 0 Å². The zero-order chi connectivity index (χ0) is 26.3. The number of ketones is 1. The second-order valence-corrected chi connectivity index (χ2v) is 9.68. The van der Waals surface area contributed by atoms with Gasteiger partial charge in [0.05, 0.1) is 24.3 Å². The van der Waals surface area contributed by atoms with E-state index < -0.39 is 29.5 Å². The minimum absolute atomic E-state index is 0.0327. The van der Waals surface area contributed by atoms with Crippen LogP contribution in [0, 0.1) is 6.92 Å². The van der Waals surface area contributed by atoms with Crippen LogP contribution in [0.25, 0.3) is 11.0 Å².